The molecule has 7 nitrogen and oxygen atoms in total. The Bertz CT molecular complexity index is 824. The molecule has 3 fully saturated rings. The molecule has 5 atom stereocenters. The second-order valence-corrected chi connectivity index (χ2v) is 8.55. The van der Waals surface area contributed by atoms with Crippen molar-refractivity contribution in [3.63, 3.8) is 0 Å². The minimum atomic E-state index is -0.248. The molecule has 0 radical (unpaired) electrons. The number of anilines is 1. The van der Waals surface area contributed by atoms with Crippen LogP contribution in [0.4, 0.5) is 10.2 Å². The molecule has 150 valence electrons. The molecule has 2 saturated heterocycles. The first-order valence-electron chi connectivity index (χ1n) is 10.3. The topological polar surface area (TPSA) is 70.9 Å². The molecular formula is C20H28FN7. The van der Waals surface area contributed by atoms with Crippen LogP contribution in [0, 0.1) is 11.8 Å². The van der Waals surface area contributed by atoms with Gasteiger partial charge in [-0.1, -0.05) is 0 Å². The van der Waals surface area contributed by atoms with Crippen LogP contribution in [-0.4, -0.2) is 45.6 Å². The first-order valence-corrected chi connectivity index (χ1v) is 10.3. The summed E-state index contributed by atoms with van der Waals surface area (Å²) in [5, 5.41) is 4.36. The minimum absolute atomic E-state index is 0.132. The molecule has 8 heteroatoms. The minimum Gasteiger partial charge on any atom is -0.356 e. The van der Waals surface area contributed by atoms with Gasteiger partial charge in [0, 0.05) is 44.4 Å². The summed E-state index contributed by atoms with van der Waals surface area (Å²) in [7, 11) is 1.98. The molecule has 0 spiro atoms. The van der Waals surface area contributed by atoms with E-state index >= 15 is 0 Å². The maximum Gasteiger partial charge on any atom is 0.132 e. The Morgan fingerprint density at radius 2 is 2.14 bits per heavy atom. The molecule has 1 saturated carbocycles. The van der Waals surface area contributed by atoms with Crippen molar-refractivity contribution in [1.29, 1.82) is 0 Å². The highest BCUT2D eigenvalue weighted by Gasteiger charge is 2.42. The molecule has 0 amide bonds. The van der Waals surface area contributed by atoms with E-state index in [-0.39, 0.29) is 18.6 Å². The molecule has 2 aromatic rings. The molecule has 0 bridgehead atoms. The molecule has 2 aromatic heterocycles. The average Bonchev–Trinajstić information content (AvgIpc) is 3.46. The van der Waals surface area contributed by atoms with Gasteiger partial charge in [-0.05, 0) is 43.1 Å². The summed E-state index contributed by atoms with van der Waals surface area (Å²) in [6.07, 6.45) is 10.2. The fourth-order valence-corrected chi connectivity index (χ4v) is 5.18. The van der Waals surface area contributed by atoms with Crippen molar-refractivity contribution in [3.8, 4) is 0 Å². The van der Waals surface area contributed by atoms with Crippen LogP contribution in [0.15, 0.2) is 24.8 Å². The number of hydrogen-bond acceptors (Lipinski definition) is 6. The van der Waals surface area contributed by atoms with E-state index in [0.29, 0.717) is 17.9 Å². The van der Waals surface area contributed by atoms with Gasteiger partial charge < -0.3 is 4.90 Å². The molecule has 4 heterocycles. The van der Waals surface area contributed by atoms with E-state index < -0.39 is 0 Å². The van der Waals surface area contributed by atoms with E-state index in [4.69, 9.17) is 0 Å². The predicted molar refractivity (Wildman–Crippen MR) is 104 cm³/mol. The normalized spacial score (nSPS) is 32.6. The van der Waals surface area contributed by atoms with Crippen LogP contribution >= 0.6 is 0 Å². The number of fused-ring (bicyclic) bond motifs is 1. The second kappa shape index (κ2) is 7.40. The average molecular weight is 385 g/mol. The summed E-state index contributed by atoms with van der Waals surface area (Å²) in [5.41, 5.74) is 9.35. The van der Waals surface area contributed by atoms with Gasteiger partial charge in [0.25, 0.3) is 0 Å². The molecule has 28 heavy (non-hydrogen) atoms. The smallest absolute Gasteiger partial charge is 0.132 e. The van der Waals surface area contributed by atoms with Crippen LogP contribution in [0.1, 0.15) is 48.9 Å². The number of aryl methyl sites for hydroxylation is 1. The van der Waals surface area contributed by atoms with Crippen molar-refractivity contribution in [1.82, 2.24) is 30.6 Å². The Morgan fingerprint density at radius 3 is 2.93 bits per heavy atom. The number of alkyl halides is 1. The highest BCUT2D eigenvalue weighted by molar-refractivity contribution is 5.41. The Kier molecular flexibility index (Phi) is 4.76. The van der Waals surface area contributed by atoms with Crippen molar-refractivity contribution in [2.24, 2.45) is 18.9 Å². The number of nitrogens with zero attached hydrogens (tertiary/aromatic N) is 5. The van der Waals surface area contributed by atoms with E-state index in [9.17, 15) is 4.39 Å². The Morgan fingerprint density at radius 1 is 1.21 bits per heavy atom. The van der Waals surface area contributed by atoms with E-state index in [1.54, 1.807) is 6.33 Å². The predicted octanol–water partition coefficient (Wildman–Crippen LogP) is 2.11. The zero-order valence-electron chi connectivity index (χ0n) is 16.3. The van der Waals surface area contributed by atoms with Gasteiger partial charge in [0.05, 0.1) is 24.6 Å². The van der Waals surface area contributed by atoms with Gasteiger partial charge in [0.1, 0.15) is 12.1 Å². The summed E-state index contributed by atoms with van der Waals surface area (Å²) in [5.74, 6) is 2.08. The van der Waals surface area contributed by atoms with Crippen molar-refractivity contribution < 1.29 is 4.39 Å². The lowest BCUT2D eigenvalue weighted by Crippen LogP contribution is -2.34. The van der Waals surface area contributed by atoms with Crippen LogP contribution in [0.25, 0.3) is 0 Å². The Labute approximate surface area is 164 Å². The molecular weight excluding hydrogens is 357 g/mol. The van der Waals surface area contributed by atoms with Gasteiger partial charge in [-0.2, -0.15) is 5.10 Å². The monoisotopic (exact) mass is 385 g/mol. The van der Waals surface area contributed by atoms with Crippen LogP contribution in [-0.2, 0) is 7.05 Å². The summed E-state index contributed by atoms with van der Waals surface area (Å²) in [4.78, 5) is 11.2. The zero-order chi connectivity index (χ0) is 19.1. The fourth-order valence-electron chi connectivity index (χ4n) is 5.18. The summed E-state index contributed by atoms with van der Waals surface area (Å²) >= 11 is 0. The third-order valence-electron chi connectivity index (χ3n) is 6.77. The van der Waals surface area contributed by atoms with Crippen LogP contribution in [0.3, 0.4) is 0 Å². The first kappa shape index (κ1) is 18.0. The lowest BCUT2D eigenvalue weighted by molar-refractivity contribution is 0.276. The standard InChI is InChI=1S/C20H28FN7/c1-27-11-15(9-24-27)14-2-3-17-16(6-14)20(26-25-17)18-7-19(23-12-22-18)28-5-4-13(8-21)10-28/h7,9,11-14,16-17,20,25-26H,2-6,8,10H2,1H3/t13-,14?,16?,17?,20?/m0/s1. The lowest BCUT2D eigenvalue weighted by Gasteiger charge is -2.32. The van der Waals surface area contributed by atoms with Gasteiger partial charge in [0.15, 0.2) is 0 Å². The number of hydrogen-bond donors (Lipinski definition) is 2. The van der Waals surface area contributed by atoms with Crippen LogP contribution in [0.5, 0.6) is 0 Å². The zero-order valence-corrected chi connectivity index (χ0v) is 16.3. The summed E-state index contributed by atoms with van der Waals surface area (Å²) in [6, 6.07) is 2.74. The van der Waals surface area contributed by atoms with E-state index in [1.807, 2.05) is 17.9 Å². The highest BCUT2D eigenvalue weighted by Crippen LogP contribution is 2.43. The molecule has 0 aromatic carbocycles. The van der Waals surface area contributed by atoms with E-state index in [1.165, 1.54) is 12.0 Å². The van der Waals surface area contributed by atoms with Crippen molar-refractivity contribution in [2.45, 2.75) is 43.7 Å². The van der Waals surface area contributed by atoms with E-state index in [2.05, 4.69) is 43.1 Å². The number of nitrogens with one attached hydrogen (secondary N) is 2. The third-order valence-corrected chi connectivity index (χ3v) is 6.77. The quantitative estimate of drug-likeness (QED) is 0.840. The number of hydrazine groups is 1. The molecule has 2 N–H and O–H groups in total. The Hall–Kier alpha value is -2.06. The first-order chi connectivity index (χ1) is 13.7. The van der Waals surface area contributed by atoms with Crippen molar-refractivity contribution in [2.75, 3.05) is 24.7 Å². The van der Waals surface area contributed by atoms with Gasteiger partial charge in [0.2, 0.25) is 0 Å². The van der Waals surface area contributed by atoms with Gasteiger partial charge in [-0.15, -0.1) is 0 Å². The molecule has 3 aliphatic rings. The van der Waals surface area contributed by atoms with Gasteiger partial charge in [-0.25, -0.2) is 15.4 Å². The maximum atomic E-state index is 13.0. The van der Waals surface area contributed by atoms with Crippen LogP contribution < -0.4 is 15.8 Å². The fraction of sp³-hybridized carbons (Fsp3) is 0.650. The number of aromatic nitrogens is 4. The van der Waals surface area contributed by atoms with Gasteiger partial charge in [-0.3, -0.25) is 14.5 Å². The number of halogens is 1. The van der Waals surface area contributed by atoms with E-state index in [0.717, 1.165) is 43.9 Å². The lowest BCUT2D eigenvalue weighted by atomic mass is 9.73. The van der Waals surface area contributed by atoms with Crippen molar-refractivity contribution in [3.05, 3.63) is 36.0 Å². The second-order valence-electron chi connectivity index (χ2n) is 8.55. The largest absolute Gasteiger partial charge is 0.356 e. The SMILES string of the molecule is Cn1cc(C2CCC3NNC(c4cc(N5CC[C@@H](CF)C5)ncn4)C3C2)cn1. The van der Waals surface area contributed by atoms with Crippen molar-refractivity contribution >= 4 is 5.82 Å². The number of rotatable bonds is 4. The maximum absolute atomic E-state index is 13.0. The third kappa shape index (κ3) is 3.28. The molecule has 5 rings (SSSR count). The molecule has 2 aliphatic heterocycles. The van der Waals surface area contributed by atoms with Crippen LogP contribution in [0.2, 0.25) is 0 Å². The summed E-state index contributed by atoms with van der Waals surface area (Å²) < 4.78 is 14.9. The van der Waals surface area contributed by atoms with Gasteiger partial charge >= 0.3 is 0 Å². The highest BCUT2D eigenvalue weighted by atomic mass is 19.1. The molecule has 1 aliphatic carbocycles. The Balaban J connectivity index is 1.34. The summed E-state index contributed by atoms with van der Waals surface area (Å²) in [6.45, 7) is 1.37. The molecule has 4 unspecified atom stereocenters.